The minimum absolute atomic E-state index is 0.355. The van der Waals surface area contributed by atoms with Crippen molar-refractivity contribution < 1.29 is 4.79 Å². The predicted molar refractivity (Wildman–Crippen MR) is 79.4 cm³/mol. The van der Waals surface area contributed by atoms with E-state index >= 15 is 0 Å². The van der Waals surface area contributed by atoms with E-state index in [9.17, 15) is 4.79 Å². The van der Waals surface area contributed by atoms with Gasteiger partial charge < -0.3 is 0 Å². The highest BCUT2D eigenvalue weighted by molar-refractivity contribution is 5.80. The number of hydrogen-bond acceptors (Lipinski definition) is 2. The number of Topliss-reactive ketones (excluding diaryl/α,β-unsaturated/α-hetero) is 1. The van der Waals surface area contributed by atoms with Crippen molar-refractivity contribution in [3.8, 4) is 0 Å². The number of aromatic nitrogens is 2. The van der Waals surface area contributed by atoms with E-state index in [-0.39, 0.29) is 0 Å². The lowest BCUT2D eigenvalue weighted by atomic mass is 10.1. The van der Waals surface area contributed by atoms with E-state index < -0.39 is 0 Å². The van der Waals surface area contributed by atoms with Crippen LogP contribution in [0.3, 0.4) is 0 Å². The van der Waals surface area contributed by atoms with Crippen LogP contribution in [0.15, 0.2) is 6.07 Å². The summed E-state index contributed by atoms with van der Waals surface area (Å²) in [5.74, 6) is 0.355. The van der Waals surface area contributed by atoms with Crippen molar-refractivity contribution in [3.63, 3.8) is 0 Å². The Labute approximate surface area is 117 Å². The number of nitrogens with zero attached hydrogens (tertiary/aromatic N) is 2. The third-order valence-corrected chi connectivity index (χ3v) is 3.51. The van der Waals surface area contributed by atoms with Gasteiger partial charge in [-0.1, -0.05) is 39.5 Å². The number of unbranched alkanes of at least 4 members (excludes halogenated alkanes) is 4. The average Bonchev–Trinajstić information content (AvgIpc) is 2.80. The highest BCUT2D eigenvalue weighted by Gasteiger charge is 2.10. The zero-order chi connectivity index (χ0) is 14.1. The van der Waals surface area contributed by atoms with E-state index in [0.29, 0.717) is 12.2 Å². The molecule has 1 rings (SSSR count). The minimum atomic E-state index is 0.355. The van der Waals surface area contributed by atoms with Crippen LogP contribution in [0.1, 0.15) is 70.7 Å². The summed E-state index contributed by atoms with van der Waals surface area (Å²) >= 11 is 0. The Kier molecular flexibility index (Phi) is 7.46. The fourth-order valence-electron chi connectivity index (χ4n) is 2.32. The molecule has 0 spiro atoms. The smallest absolute Gasteiger partial charge is 0.138 e. The first kappa shape index (κ1) is 15.9. The van der Waals surface area contributed by atoms with E-state index in [2.05, 4.69) is 31.9 Å². The molecule has 0 fully saturated rings. The fourth-order valence-corrected chi connectivity index (χ4v) is 2.32. The second-order valence-corrected chi connectivity index (χ2v) is 5.18. The van der Waals surface area contributed by atoms with Crippen molar-refractivity contribution in [3.05, 3.63) is 17.5 Å². The van der Waals surface area contributed by atoms with Crippen LogP contribution >= 0.6 is 0 Å². The van der Waals surface area contributed by atoms with Crippen molar-refractivity contribution in [2.75, 3.05) is 0 Å². The lowest BCUT2D eigenvalue weighted by Crippen LogP contribution is -2.09. The highest BCUT2D eigenvalue weighted by Crippen LogP contribution is 2.10. The molecule has 0 aliphatic carbocycles. The number of rotatable bonds is 10. The van der Waals surface area contributed by atoms with Gasteiger partial charge in [-0.15, -0.1) is 0 Å². The molecule has 0 aromatic carbocycles. The molecule has 0 atom stereocenters. The summed E-state index contributed by atoms with van der Waals surface area (Å²) < 4.78 is 1.97. The van der Waals surface area contributed by atoms with Gasteiger partial charge in [0.05, 0.1) is 5.69 Å². The Morgan fingerprint density at radius 2 is 1.89 bits per heavy atom. The van der Waals surface area contributed by atoms with Crippen LogP contribution in [-0.4, -0.2) is 15.6 Å². The van der Waals surface area contributed by atoms with Crippen LogP contribution in [0.5, 0.6) is 0 Å². The van der Waals surface area contributed by atoms with Gasteiger partial charge in [-0.25, -0.2) is 0 Å². The van der Waals surface area contributed by atoms with Gasteiger partial charge in [0.25, 0.3) is 0 Å². The van der Waals surface area contributed by atoms with Gasteiger partial charge in [0.2, 0.25) is 0 Å². The summed E-state index contributed by atoms with van der Waals surface area (Å²) in [6, 6.07) is 2.08. The second kappa shape index (κ2) is 8.89. The molecule has 1 aromatic rings. The van der Waals surface area contributed by atoms with E-state index in [1.807, 2.05) is 4.68 Å². The minimum Gasteiger partial charge on any atom is -0.299 e. The van der Waals surface area contributed by atoms with Crippen molar-refractivity contribution in [2.24, 2.45) is 0 Å². The molecule has 3 heteroatoms. The Morgan fingerprint density at radius 1 is 1.16 bits per heavy atom. The third-order valence-electron chi connectivity index (χ3n) is 3.51. The first-order valence-electron chi connectivity index (χ1n) is 7.78. The lowest BCUT2D eigenvalue weighted by Gasteiger charge is -2.04. The van der Waals surface area contributed by atoms with Gasteiger partial charge in [0.15, 0.2) is 0 Å². The van der Waals surface area contributed by atoms with Crippen molar-refractivity contribution in [1.29, 1.82) is 0 Å². The van der Waals surface area contributed by atoms with Gasteiger partial charge in [-0.05, 0) is 25.8 Å². The standard InChI is InChI=1S/C16H28N2O/c1-4-7-8-9-10-11-16(19)13-15-12-14(5-2)17-18(15)6-3/h12H,4-11,13H2,1-3H3. The zero-order valence-electron chi connectivity index (χ0n) is 12.7. The number of ketones is 1. The lowest BCUT2D eigenvalue weighted by molar-refractivity contribution is -0.118. The molecule has 0 saturated carbocycles. The molecule has 0 bridgehead atoms. The average molecular weight is 264 g/mol. The quantitative estimate of drug-likeness (QED) is 0.600. The topological polar surface area (TPSA) is 34.9 Å². The van der Waals surface area contributed by atoms with Crippen LogP contribution < -0.4 is 0 Å². The molecule has 0 radical (unpaired) electrons. The Morgan fingerprint density at radius 3 is 2.53 bits per heavy atom. The summed E-state index contributed by atoms with van der Waals surface area (Å²) in [6.45, 7) is 7.23. The third kappa shape index (κ3) is 5.58. The van der Waals surface area contributed by atoms with E-state index in [1.165, 1.54) is 25.7 Å². The summed E-state index contributed by atoms with van der Waals surface area (Å²) in [7, 11) is 0. The summed E-state index contributed by atoms with van der Waals surface area (Å²) in [6.07, 6.45) is 8.24. The molecule has 0 N–H and O–H groups in total. The fraction of sp³-hybridized carbons (Fsp3) is 0.750. The number of hydrogen-bond donors (Lipinski definition) is 0. The highest BCUT2D eigenvalue weighted by atomic mass is 16.1. The maximum absolute atomic E-state index is 12.0. The van der Waals surface area contributed by atoms with Crippen LogP contribution in [0.25, 0.3) is 0 Å². The monoisotopic (exact) mass is 264 g/mol. The predicted octanol–water partition coefficient (Wildman–Crippen LogP) is 3.94. The van der Waals surface area contributed by atoms with Crippen LogP contribution in [0.2, 0.25) is 0 Å². The van der Waals surface area contributed by atoms with Gasteiger partial charge in [-0.3, -0.25) is 9.48 Å². The molecule has 19 heavy (non-hydrogen) atoms. The molecule has 3 nitrogen and oxygen atoms in total. The van der Waals surface area contributed by atoms with E-state index in [0.717, 1.165) is 37.2 Å². The molecule has 0 aliphatic heterocycles. The summed E-state index contributed by atoms with van der Waals surface area (Å²) in [4.78, 5) is 12.0. The molecule has 1 aromatic heterocycles. The Balaban J connectivity index is 2.37. The molecule has 108 valence electrons. The van der Waals surface area contributed by atoms with Crippen LogP contribution in [-0.2, 0) is 24.2 Å². The largest absolute Gasteiger partial charge is 0.299 e. The van der Waals surface area contributed by atoms with Crippen LogP contribution in [0, 0.1) is 0 Å². The molecule has 1 heterocycles. The van der Waals surface area contributed by atoms with Gasteiger partial charge in [-0.2, -0.15) is 5.10 Å². The Bertz CT molecular complexity index is 382. The van der Waals surface area contributed by atoms with Gasteiger partial charge in [0.1, 0.15) is 5.78 Å². The number of aryl methyl sites for hydroxylation is 2. The van der Waals surface area contributed by atoms with Crippen molar-refractivity contribution in [1.82, 2.24) is 9.78 Å². The maximum Gasteiger partial charge on any atom is 0.138 e. The summed E-state index contributed by atoms with van der Waals surface area (Å²) in [5.41, 5.74) is 2.17. The van der Waals surface area contributed by atoms with E-state index in [4.69, 9.17) is 0 Å². The maximum atomic E-state index is 12.0. The number of carbonyl (C=O) groups is 1. The number of carbonyl (C=O) groups excluding carboxylic acids is 1. The molecular formula is C16H28N2O. The molecular weight excluding hydrogens is 236 g/mol. The van der Waals surface area contributed by atoms with Crippen molar-refractivity contribution in [2.45, 2.75) is 78.7 Å². The normalized spacial score (nSPS) is 10.9. The molecule has 0 saturated heterocycles. The molecule has 0 aliphatic rings. The second-order valence-electron chi connectivity index (χ2n) is 5.18. The van der Waals surface area contributed by atoms with Crippen molar-refractivity contribution >= 4 is 5.78 Å². The molecule has 0 unspecified atom stereocenters. The SMILES string of the molecule is CCCCCCCC(=O)Cc1cc(CC)nn1CC. The summed E-state index contributed by atoms with van der Waals surface area (Å²) in [5, 5.41) is 4.49. The zero-order valence-corrected chi connectivity index (χ0v) is 12.7. The first-order chi connectivity index (χ1) is 9.21. The van der Waals surface area contributed by atoms with Crippen LogP contribution in [0.4, 0.5) is 0 Å². The Hall–Kier alpha value is -1.12. The first-order valence-corrected chi connectivity index (χ1v) is 7.78. The van der Waals surface area contributed by atoms with Gasteiger partial charge in [0, 0.05) is 25.1 Å². The molecule has 0 amide bonds. The van der Waals surface area contributed by atoms with E-state index in [1.54, 1.807) is 0 Å². The van der Waals surface area contributed by atoms with Gasteiger partial charge >= 0.3 is 0 Å².